The average Bonchev–Trinajstić information content (AvgIpc) is 3.08. The number of hydrogen-bond acceptors (Lipinski definition) is 5. The van der Waals surface area contributed by atoms with Crippen LogP contribution in [0.4, 0.5) is 5.69 Å². The SMILES string of the molecule is CC=C1C[N+]2([O-])[C@H]3C[C@@H]1[C@@]1(C(=O)OC)C(O)[C@]4(C[C@@H]12)c1ccccc1N(C)[C@H]34. The summed E-state index contributed by atoms with van der Waals surface area (Å²) in [6.45, 7) is 2.37. The van der Waals surface area contributed by atoms with Crippen LogP contribution in [0.3, 0.4) is 0 Å². The standard InChI is InChI=1S/C22H26N2O4/c1-4-12-11-24(27)16-9-14(12)22(20(26)28-3)17(24)10-21(19(22)25)13-7-5-6-8-15(13)23(2)18(16)21/h4-8,14,16-19,25H,9-11H2,1-3H3/t14-,16-,17-,18+,19?,21+,22-,24?/m0/s1. The van der Waals surface area contributed by atoms with Crippen molar-refractivity contribution >= 4 is 11.7 Å². The van der Waals surface area contributed by atoms with Gasteiger partial charge in [-0.2, -0.15) is 0 Å². The summed E-state index contributed by atoms with van der Waals surface area (Å²) in [5.41, 5.74) is 1.44. The summed E-state index contributed by atoms with van der Waals surface area (Å²) in [6.07, 6.45) is 2.25. The Morgan fingerprint density at radius 2 is 2.18 bits per heavy atom. The molecule has 148 valence electrons. The van der Waals surface area contributed by atoms with Crippen LogP contribution in [-0.4, -0.2) is 60.7 Å². The van der Waals surface area contributed by atoms with Gasteiger partial charge in [-0.1, -0.05) is 24.3 Å². The lowest BCUT2D eigenvalue weighted by molar-refractivity contribution is -0.950. The first-order valence-corrected chi connectivity index (χ1v) is 10.2. The van der Waals surface area contributed by atoms with E-state index >= 15 is 0 Å². The van der Waals surface area contributed by atoms with Gasteiger partial charge in [-0.3, -0.25) is 4.79 Å². The molecule has 6 nitrogen and oxygen atoms in total. The van der Waals surface area contributed by atoms with E-state index in [0.29, 0.717) is 19.4 Å². The molecule has 7 rings (SSSR count). The number of aliphatic hydroxyl groups excluding tert-OH is 1. The predicted octanol–water partition coefficient (Wildman–Crippen LogP) is 1.71. The van der Waals surface area contributed by atoms with Crippen LogP contribution in [0.25, 0.3) is 0 Å². The van der Waals surface area contributed by atoms with Crippen molar-refractivity contribution in [3.05, 3.63) is 46.7 Å². The number of fused-ring (bicyclic) bond motifs is 2. The Morgan fingerprint density at radius 3 is 2.89 bits per heavy atom. The van der Waals surface area contributed by atoms with E-state index in [-0.39, 0.29) is 18.0 Å². The Morgan fingerprint density at radius 1 is 1.43 bits per heavy atom. The van der Waals surface area contributed by atoms with E-state index in [0.717, 1.165) is 16.8 Å². The summed E-state index contributed by atoms with van der Waals surface area (Å²) in [4.78, 5) is 15.6. The Hall–Kier alpha value is -1.89. The number of esters is 1. The van der Waals surface area contributed by atoms with E-state index in [1.54, 1.807) is 0 Å². The molecule has 1 N–H and O–H groups in total. The van der Waals surface area contributed by atoms with E-state index in [4.69, 9.17) is 4.74 Å². The second kappa shape index (κ2) is 4.81. The fourth-order valence-corrected chi connectivity index (χ4v) is 8.27. The van der Waals surface area contributed by atoms with E-state index in [1.165, 1.54) is 7.11 Å². The van der Waals surface area contributed by atoms with Gasteiger partial charge in [0.25, 0.3) is 0 Å². The quantitative estimate of drug-likeness (QED) is 0.347. The molecule has 0 amide bonds. The fourth-order valence-electron chi connectivity index (χ4n) is 8.27. The molecule has 1 aromatic rings. The number of aliphatic hydroxyl groups is 1. The van der Waals surface area contributed by atoms with E-state index in [9.17, 15) is 15.1 Å². The maximum absolute atomic E-state index is 14.4. The van der Waals surface area contributed by atoms with Crippen molar-refractivity contribution in [2.45, 2.75) is 49.4 Å². The maximum Gasteiger partial charge on any atom is 0.321 e. The normalized spacial score (nSPS) is 50.8. The molecule has 5 bridgehead atoms. The number of nitrogens with zero attached hydrogens (tertiary/aromatic N) is 2. The zero-order valence-corrected chi connectivity index (χ0v) is 16.5. The number of quaternary nitrogens is 1. The molecule has 1 spiro atoms. The van der Waals surface area contributed by atoms with Gasteiger partial charge in [-0.25, -0.2) is 0 Å². The third kappa shape index (κ3) is 1.37. The largest absolute Gasteiger partial charge is 0.632 e. The number of hydroxylamine groups is 3. The molecule has 28 heavy (non-hydrogen) atoms. The summed E-state index contributed by atoms with van der Waals surface area (Å²) < 4.78 is 4.90. The van der Waals surface area contributed by atoms with Crippen LogP contribution in [0, 0.1) is 16.5 Å². The van der Waals surface area contributed by atoms with Crippen LogP contribution in [0.2, 0.25) is 0 Å². The zero-order chi connectivity index (χ0) is 19.6. The second-order valence-electron chi connectivity index (χ2n) is 9.39. The number of piperidine rings is 4. The molecule has 5 aliphatic heterocycles. The van der Waals surface area contributed by atoms with Gasteiger partial charge in [-0.15, -0.1) is 0 Å². The lowest BCUT2D eigenvalue weighted by Gasteiger charge is -2.69. The molecule has 0 radical (unpaired) electrons. The molecule has 1 aromatic carbocycles. The minimum absolute atomic E-state index is 0.0939. The van der Waals surface area contributed by atoms with Crippen molar-refractivity contribution in [3.63, 3.8) is 0 Å². The van der Waals surface area contributed by atoms with Crippen molar-refractivity contribution in [1.29, 1.82) is 0 Å². The van der Waals surface area contributed by atoms with E-state index in [2.05, 4.69) is 17.0 Å². The van der Waals surface area contributed by atoms with Crippen molar-refractivity contribution in [3.8, 4) is 0 Å². The Labute approximate surface area is 164 Å². The van der Waals surface area contributed by atoms with Crippen molar-refractivity contribution in [1.82, 2.24) is 0 Å². The van der Waals surface area contributed by atoms with Crippen LogP contribution < -0.4 is 4.90 Å². The van der Waals surface area contributed by atoms with E-state index < -0.39 is 33.6 Å². The first kappa shape index (κ1) is 17.0. The highest BCUT2D eigenvalue weighted by molar-refractivity contribution is 5.83. The number of methoxy groups -OCH3 is 1. The molecule has 5 heterocycles. The lowest BCUT2D eigenvalue weighted by atomic mass is 9.58. The minimum Gasteiger partial charge on any atom is -0.632 e. The number of hydrogen-bond donors (Lipinski definition) is 1. The van der Waals surface area contributed by atoms with Gasteiger partial charge in [0.1, 0.15) is 18.6 Å². The molecule has 1 aliphatic carbocycles. The van der Waals surface area contributed by atoms with Crippen LogP contribution in [0.1, 0.15) is 25.3 Å². The first-order chi connectivity index (χ1) is 13.4. The summed E-state index contributed by atoms with van der Waals surface area (Å²) in [5, 5.41) is 26.4. The molecule has 1 saturated carbocycles. The highest BCUT2D eigenvalue weighted by Crippen LogP contribution is 2.74. The van der Waals surface area contributed by atoms with Crippen molar-refractivity contribution in [2.24, 2.45) is 11.3 Å². The monoisotopic (exact) mass is 382 g/mol. The van der Waals surface area contributed by atoms with Crippen molar-refractivity contribution < 1.29 is 19.3 Å². The second-order valence-corrected chi connectivity index (χ2v) is 9.39. The number of anilines is 1. The van der Waals surface area contributed by atoms with Crippen molar-refractivity contribution in [2.75, 3.05) is 25.6 Å². The lowest BCUT2D eigenvalue weighted by Crippen LogP contribution is -2.79. The number of para-hydroxylation sites is 1. The summed E-state index contributed by atoms with van der Waals surface area (Å²) in [7, 11) is 3.43. The smallest absolute Gasteiger partial charge is 0.321 e. The fraction of sp³-hybridized carbons (Fsp3) is 0.591. The van der Waals surface area contributed by atoms with E-state index in [1.807, 2.05) is 32.2 Å². The van der Waals surface area contributed by atoms with Gasteiger partial charge in [0.15, 0.2) is 5.41 Å². The molecular weight excluding hydrogens is 356 g/mol. The third-order valence-corrected chi connectivity index (χ3v) is 9.05. The molecule has 4 saturated heterocycles. The predicted molar refractivity (Wildman–Crippen MR) is 103 cm³/mol. The summed E-state index contributed by atoms with van der Waals surface area (Å²) in [6, 6.07) is 7.47. The van der Waals surface area contributed by atoms with Crippen LogP contribution in [-0.2, 0) is 14.9 Å². The average molecular weight is 382 g/mol. The minimum atomic E-state index is -1.15. The Kier molecular flexibility index (Phi) is 2.92. The zero-order valence-electron chi connectivity index (χ0n) is 16.5. The van der Waals surface area contributed by atoms with Crippen LogP contribution >= 0.6 is 0 Å². The molecule has 2 unspecified atom stereocenters. The molecule has 5 fully saturated rings. The van der Waals surface area contributed by atoms with Crippen LogP contribution in [0.5, 0.6) is 0 Å². The van der Waals surface area contributed by atoms with Gasteiger partial charge < -0.3 is 24.6 Å². The van der Waals surface area contributed by atoms with Gasteiger partial charge in [0.05, 0.1) is 24.7 Å². The highest BCUT2D eigenvalue weighted by Gasteiger charge is 2.87. The van der Waals surface area contributed by atoms with Gasteiger partial charge in [-0.05, 0) is 24.1 Å². The molecule has 6 aliphatic rings. The van der Waals surface area contributed by atoms with Crippen LogP contribution in [0.15, 0.2) is 35.9 Å². The number of allylic oxidation sites excluding steroid dienone is 1. The number of carbonyl (C=O) groups excluding carboxylic acids is 1. The summed E-state index contributed by atoms with van der Waals surface area (Å²) in [5.74, 6) is -0.523. The highest BCUT2D eigenvalue weighted by atomic mass is 16.6. The number of benzene rings is 1. The number of rotatable bonds is 1. The number of carbonyl (C=O) groups is 1. The summed E-state index contributed by atoms with van der Waals surface area (Å²) >= 11 is 0. The molecular formula is C22H26N2O4. The Balaban J connectivity index is 1.70. The maximum atomic E-state index is 14.4. The number of likely N-dealkylation sites (N-methyl/N-ethyl adjacent to an activating group) is 1. The molecule has 6 heteroatoms. The molecule has 0 aromatic heterocycles. The first-order valence-electron chi connectivity index (χ1n) is 10.2. The van der Waals surface area contributed by atoms with Gasteiger partial charge in [0, 0.05) is 31.5 Å². The third-order valence-electron chi connectivity index (χ3n) is 9.05. The van der Waals surface area contributed by atoms with Gasteiger partial charge in [0.2, 0.25) is 0 Å². The molecule has 8 atom stereocenters. The topological polar surface area (TPSA) is 72.8 Å². The Bertz CT molecular complexity index is 946. The van der Waals surface area contributed by atoms with Gasteiger partial charge >= 0.3 is 5.97 Å². The number of ether oxygens (including phenoxy) is 1.